The first-order valence-corrected chi connectivity index (χ1v) is 25.2. The summed E-state index contributed by atoms with van der Waals surface area (Å²) in [6.45, 7) is -0.0186. The fourth-order valence-electron chi connectivity index (χ4n) is 8.82. The second-order valence-electron chi connectivity index (χ2n) is 18.3. The van der Waals surface area contributed by atoms with Gasteiger partial charge < -0.3 is 89.6 Å². The highest BCUT2D eigenvalue weighted by Crippen LogP contribution is 2.37. The summed E-state index contributed by atoms with van der Waals surface area (Å²) in [5.74, 6) is -12.2. The standard InChI is InChI=1S/C44H68N8O24S/c1-22(57)48-35-28(62)14-43(72-20-55,74-30(35)16-47-51-33(64)7-9-52-34(65)12-31(41(52)67)77-11-5-6-32(45)46-4)69-10-8-26(60)39-36(49-23(2)58)29(63)15-44(76-39,73-21-56)70-18-25(17-53)38(66)40-37(50-24(3)59)27(61)13-42(68,75-40)71-19-54/h16,19-21,25-31,35-40,53,60-63,66,68H,5-15,17-18H2,1-4H3,(H2,45,46)(H,48,57)(H,49,58)(H,50,59)(H,51,64)/p+1/b47-16+. The van der Waals surface area contributed by atoms with Crippen LogP contribution < -0.4 is 32.1 Å². The summed E-state index contributed by atoms with van der Waals surface area (Å²) >= 11 is 1.31. The number of hydrogen-bond donors (Lipinski definition) is 13. The van der Waals surface area contributed by atoms with Gasteiger partial charge in [-0.1, -0.05) is 0 Å². The molecule has 4 saturated heterocycles. The van der Waals surface area contributed by atoms with Crippen LogP contribution >= 0.6 is 11.8 Å². The quantitative estimate of drug-likeness (QED) is 0.00464. The number of imide groups is 1. The Hall–Kier alpha value is -5.56. The molecule has 14 N–H and O–H groups in total. The molecule has 33 heteroatoms. The van der Waals surface area contributed by atoms with Gasteiger partial charge in [-0.15, -0.1) is 11.8 Å². The molecule has 16 unspecified atom stereocenters. The van der Waals surface area contributed by atoms with Crippen LogP contribution in [0.3, 0.4) is 0 Å². The van der Waals surface area contributed by atoms with E-state index in [0.717, 1.165) is 31.9 Å². The number of likely N-dealkylation sites (tertiary alicyclic amines) is 1. The number of amidine groups is 1. The van der Waals surface area contributed by atoms with Crippen LogP contribution in [0.25, 0.3) is 0 Å². The minimum atomic E-state index is -2.81. The predicted molar refractivity (Wildman–Crippen MR) is 254 cm³/mol. The largest absolute Gasteiger partial charge is 0.410 e. The fraction of sp³-hybridized carbons (Fsp3) is 0.750. The van der Waals surface area contributed by atoms with Gasteiger partial charge in [-0.3, -0.25) is 58.8 Å². The molecular formula is C44H69N8O24S+. The summed E-state index contributed by atoms with van der Waals surface area (Å²) in [6.07, 6.45) is -15.2. The van der Waals surface area contributed by atoms with Gasteiger partial charge in [0.05, 0.1) is 106 Å². The van der Waals surface area contributed by atoms with Crippen LogP contribution in [0.4, 0.5) is 0 Å². The maximum atomic E-state index is 12.9. The first kappa shape index (κ1) is 64.0. The summed E-state index contributed by atoms with van der Waals surface area (Å²) in [7, 11) is 1.69. The summed E-state index contributed by atoms with van der Waals surface area (Å²) < 4.78 is 43.7. The van der Waals surface area contributed by atoms with Crippen molar-refractivity contribution in [3.8, 4) is 0 Å². The Morgan fingerprint density at radius 2 is 1.42 bits per heavy atom. The highest BCUT2D eigenvalue weighted by Gasteiger charge is 2.56. The smallest absolute Gasteiger partial charge is 0.332 e. The van der Waals surface area contributed by atoms with Gasteiger partial charge in [-0.05, 0) is 18.6 Å². The van der Waals surface area contributed by atoms with E-state index in [1.807, 2.05) is 0 Å². The second kappa shape index (κ2) is 29.4. The SMILES string of the molecule is C[NH+]=C(N)CCCSC1CC(=O)N(CCC(=O)N/N=C/C2OC(OC=O)(OCCC(O)C3OC(OC=O)(OCC(CO)C(O)C4OC(O)(OC=O)CC(O)C4NC(C)=O)CC(O)C3NC(C)=O)CC(O)C2NC(C)=O)C1=O. The number of nitrogens with two attached hydrogens (primary N) is 1. The van der Waals surface area contributed by atoms with E-state index < -0.39 is 177 Å². The average molecular weight is 1130 g/mol. The Morgan fingerprint density at radius 1 is 0.844 bits per heavy atom. The summed E-state index contributed by atoms with van der Waals surface area (Å²) in [6, 6.07) is -4.27. The van der Waals surface area contributed by atoms with Crippen LogP contribution in [0.5, 0.6) is 0 Å². The first-order valence-electron chi connectivity index (χ1n) is 24.2. The van der Waals surface area contributed by atoms with Crippen LogP contribution in [-0.4, -0.2) is 237 Å². The number of hydrazone groups is 1. The van der Waals surface area contributed by atoms with E-state index in [-0.39, 0.29) is 38.8 Å². The van der Waals surface area contributed by atoms with E-state index in [2.05, 4.69) is 36.2 Å². The second-order valence-corrected chi connectivity index (χ2v) is 19.6. The summed E-state index contributed by atoms with van der Waals surface area (Å²) in [5, 5.41) is 87.9. The molecule has 0 saturated carbocycles. The van der Waals surface area contributed by atoms with E-state index in [4.69, 9.17) is 38.9 Å². The molecule has 0 radical (unpaired) electrons. The Bertz CT molecular complexity index is 2130. The van der Waals surface area contributed by atoms with Gasteiger partial charge in [0, 0.05) is 52.5 Å². The third kappa shape index (κ3) is 18.0. The van der Waals surface area contributed by atoms with Crippen LogP contribution in [0.2, 0.25) is 0 Å². The molecule has 4 fully saturated rings. The Morgan fingerprint density at radius 3 is 2.00 bits per heavy atom. The number of rotatable bonds is 30. The van der Waals surface area contributed by atoms with Crippen LogP contribution in [-0.2, 0) is 81.0 Å². The van der Waals surface area contributed by atoms with Gasteiger partial charge in [0.25, 0.3) is 19.4 Å². The number of hydrogen-bond acceptors (Lipinski definition) is 26. The predicted octanol–water partition coefficient (Wildman–Crippen LogP) is -8.62. The Labute approximate surface area is 444 Å². The third-order valence-electron chi connectivity index (χ3n) is 12.5. The molecule has 32 nitrogen and oxygen atoms in total. The van der Waals surface area contributed by atoms with Gasteiger partial charge in [0.2, 0.25) is 41.3 Å². The number of nitrogens with one attached hydrogen (secondary N) is 5. The normalized spacial score (nSPS) is 32.8. The molecule has 16 atom stereocenters. The van der Waals surface area contributed by atoms with E-state index >= 15 is 0 Å². The fourth-order valence-corrected chi connectivity index (χ4v) is 9.94. The number of aliphatic hydroxyl groups excluding tert-OH is 6. The lowest BCUT2D eigenvalue weighted by atomic mass is 9.88. The molecule has 4 aliphatic rings. The van der Waals surface area contributed by atoms with Gasteiger partial charge in [0.1, 0.15) is 18.3 Å². The van der Waals surface area contributed by atoms with Crippen molar-refractivity contribution in [2.45, 2.75) is 162 Å². The van der Waals surface area contributed by atoms with Gasteiger partial charge in [0.15, 0.2) is 0 Å². The molecule has 0 aliphatic carbocycles. The van der Waals surface area contributed by atoms with E-state index in [1.54, 1.807) is 7.05 Å². The minimum Gasteiger partial charge on any atom is -0.410 e. The number of carbonyl (C=O) groups is 9. The van der Waals surface area contributed by atoms with E-state index in [0.29, 0.717) is 24.4 Å². The molecule has 4 heterocycles. The van der Waals surface area contributed by atoms with Gasteiger partial charge >= 0.3 is 17.9 Å². The molecule has 0 spiro atoms. The molecule has 0 aromatic carbocycles. The molecule has 4 rings (SSSR count). The molecular weight excluding hydrogens is 1060 g/mol. The molecule has 4 aliphatic heterocycles. The number of aliphatic hydroxyl groups is 7. The van der Waals surface area contributed by atoms with Crippen molar-refractivity contribution in [2.24, 2.45) is 16.8 Å². The highest BCUT2D eigenvalue weighted by molar-refractivity contribution is 8.00. The molecule has 434 valence electrons. The number of carbonyl (C=O) groups excluding carboxylic acids is 9. The Balaban J connectivity index is 1.46. The zero-order valence-corrected chi connectivity index (χ0v) is 43.3. The van der Waals surface area contributed by atoms with Crippen molar-refractivity contribution in [3.05, 3.63) is 0 Å². The van der Waals surface area contributed by atoms with Gasteiger partial charge in [-0.2, -0.15) is 5.10 Å². The van der Waals surface area contributed by atoms with Crippen LogP contribution in [0.15, 0.2) is 5.10 Å². The number of amides is 6. The van der Waals surface area contributed by atoms with Crippen molar-refractivity contribution >= 4 is 78.7 Å². The van der Waals surface area contributed by atoms with Crippen molar-refractivity contribution in [3.63, 3.8) is 0 Å². The highest BCUT2D eigenvalue weighted by atomic mass is 32.2. The van der Waals surface area contributed by atoms with E-state index in [1.165, 1.54) is 11.8 Å². The maximum Gasteiger partial charge on any atom is 0.332 e. The summed E-state index contributed by atoms with van der Waals surface area (Å²) in [5.41, 5.74) is 7.96. The number of thioether (sulfide) groups is 1. The number of ether oxygens (including phenoxy) is 8. The van der Waals surface area contributed by atoms with Crippen LogP contribution in [0, 0.1) is 5.92 Å². The third-order valence-corrected chi connectivity index (χ3v) is 13.8. The molecule has 0 bridgehead atoms. The molecule has 0 aromatic heterocycles. The van der Waals surface area contributed by atoms with E-state index in [9.17, 15) is 78.9 Å². The number of nitrogens with zero attached hydrogens (tertiary/aromatic N) is 2. The minimum absolute atomic E-state index is 0.0416. The van der Waals surface area contributed by atoms with Crippen molar-refractivity contribution < 1.29 is 122 Å². The lowest BCUT2D eigenvalue weighted by molar-refractivity contribution is -0.422. The van der Waals surface area contributed by atoms with Gasteiger partial charge in [-0.25, -0.2) is 5.43 Å². The first-order chi connectivity index (χ1) is 36.4. The molecule has 6 amide bonds. The van der Waals surface area contributed by atoms with Crippen molar-refractivity contribution in [1.82, 2.24) is 26.3 Å². The monoisotopic (exact) mass is 1130 g/mol. The average Bonchev–Trinajstić information content (AvgIpc) is 3.62. The zero-order valence-electron chi connectivity index (χ0n) is 42.5. The lowest BCUT2D eigenvalue weighted by Crippen LogP contribution is -2.70. The maximum absolute atomic E-state index is 12.9. The van der Waals surface area contributed by atoms with Crippen molar-refractivity contribution in [1.29, 1.82) is 0 Å². The topological polar surface area (TPSA) is 473 Å². The van der Waals surface area contributed by atoms with Crippen molar-refractivity contribution in [2.75, 3.05) is 39.2 Å². The zero-order chi connectivity index (χ0) is 57.3. The summed E-state index contributed by atoms with van der Waals surface area (Å²) in [4.78, 5) is 114. The van der Waals surface area contributed by atoms with Crippen LogP contribution in [0.1, 0.15) is 72.1 Å². The Kier molecular flexibility index (Phi) is 24.4. The molecule has 77 heavy (non-hydrogen) atoms. The molecule has 0 aromatic rings. The lowest BCUT2D eigenvalue weighted by Gasteiger charge is -2.47.